The van der Waals surface area contributed by atoms with E-state index < -0.39 is 0 Å². The Kier molecular flexibility index (Phi) is 4.32. The maximum absolute atomic E-state index is 4.56. The number of hydrogen-bond donors (Lipinski definition) is 1. The van der Waals surface area contributed by atoms with Crippen LogP contribution in [0.15, 0.2) is 48.0 Å². The summed E-state index contributed by atoms with van der Waals surface area (Å²) in [7, 11) is 2.01. The van der Waals surface area contributed by atoms with Crippen LogP contribution in [0.4, 0.5) is 0 Å². The van der Waals surface area contributed by atoms with Crippen molar-refractivity contribution in [3.63, 3.8) is 0 Å². The molecule has 21 heavy (non-hydrogen) atoms. The zero-order valence-corrected chi connectivity index (χ0v) is 13.3. The van der Waals surface area contributed by atoms with Crippen molar-refractivity contribution in [1.82, 2.24) is 10.3 Å². The lowest BCUT2D eigenvalue weighted by Gasteiger charge is -2.18. The van der Waals surface area contributed by atoms with Crippen LogP contribution in [0.25, 0.3) is 10.2 Å². The first-order valence-electron chi connectivity index (χ1n) is 7.41. The molecule has 0 aliphatic carbocycles. The van der Waals surface area contributed by atoms with Gasteiger partial charge in [-0.1, -0.05) is 37.6 Å². The summed E-state index contributed by atoms with van der Waals surface area (Å²) in [5.41, 5.74) is 5.01. The molecule has 0 saturated carbocycles. The van der Waals surface area contributed by atoms with Crippen molar-refractivity contribution in [2.45, 2.75) is 25.8 Å². The smallest absolute Gasteiger partial charge is 0.0809 e. The zero-order valence-electron chi connectivity index (χ0n) is 12.5. The minimum absolute atomic E-state index is 0.195. The Labute approximate surface area is 129 Å². The monoisotopic (exact) mass is 296 g/mol. The van der Waals surface area contributed by atoms with E-state index in [4.69, 9.17) is 0 Å². The average Bonchev–Trinajstić information content (AvgIpc) is 2.96. The highest BCUT2D eigenvalue weighted by Crippen LogP contribution is 2.27. The topological polar surface area (TPSA) is 24.9 Å². The highest BCUT2D eigenvalue weighted by atomic mass is 32.1. The second-order valence-electron chi connectivity index (χ2n) is 5.29. The molecule has 0 bridgehead atoms. The molecule has 2 nitrogen and oxygen atoms in total. The van der Waals surface area contributed by atoms with Gasteiger partial charge < -0.3 is 5.32 Å². The number of fused-ring (bicyclic) bond motifs is 1. The Morgan fingerprint density at radius 2 is 2.10 bits per heavy atom. The first-order chi connectivity index (χ1) is 10.3. The SMILES string of the molecule is CCCc1cccc(C(NC)c2cnc3ccsc3c2)c1. The van der Waals surface area contributed by atoms with E-state index in [1.165, 1.54) is 27.8 Å². The Balaban J connectivity index is 1.98. The molecule has 1 atom stereocenters. The van der Waals surface area contributed by atoms with Crippen molar-refractivity contribution in [3.8, 4) is 0 Å². The number of aryl methyl sites for hydroxylation is 1. The third kappa shape index (κ3) is 2.99. The van der Waals surface area contributed by atoms with E-state index in [9.17, 15) is 0 Å². The van der Waals surface area contributed by atoms with Crippen LogP contribution in [0, 0.1) is 0 Å². The van der Waals surface area contributed by atoms with Gasteiger partial charge in [0, 0.05) is 6.20 Å². The molecular formula is C18H20N2S. The van der Waals surface area contributed by atoms with Crippen LogP contribution in [0.2, 0.25) is 0 Å². The summed E-state index contributed by atoms with van der Waals surface area (Å²) < 4.78 is 1.25. The second kappa shape index (κ2) is 6.37. The van der Waals surface area contributed by atoms with Crippen LogP contribution in [0.3, 0.4) is 0 Å². The average molecular weight is 296 g/mol. The normalized spacial score (nSPS) is 12.7. The van der Waals surface area contributed by atoms with Gasteiger partial charge in [0.05, 0.1) is 16.3 Å². The van der Waals surface area contributed by atoms with Gasteiger partial charge in [-0.3, -0.25) is 4.98 Å². The lowest BCUT2D eigenvalue weighted by atomic mass is 9.97. The van der Waals surface area contributed by atoms with E-state index in [2.05, 4.69) is 59.0 Å². The number of nitrogens with one attached hydrogen (secondary N) is 1. The fourth-order valence-electron chi connectivity index (χ4n) is 2.76. The predicted octanol–water partition coefficient (Wildman–Crippen LogP) is 4.56. The third-order valence-corrected chi connectivity index (χ3v) is 4.62. The summed E-state index contributed by atoms with van der Waals surface area (Å²) in [6.07, 6.45) is 4.30. The van der Waals surface area contributed by atoms with Crippen LogP contribution in [0.1, 0.15) is 36.1 Å². The van der Waals surface area contributed by atoms with E-state index in [0.717, 1.165) is 11.9 Å². The summed E-state index contributed by atoms with van der Waals surface area (Å²) in [5, 5.41) is 5.52. The maximum Gasteiger partial charge on any atom is 0.0809 e. The van der Waals surface area contributed by atoms with Crippen LogP contribution in [-0.2, 0) is 6.42 Å². The lowest BCUT2D eigenvalue weighted by molar-refractivity contribution is 0.688. The first-order valence-corrected chi connectivity index (χ1v) is 8.29. The van der Waals surface area contributed by atoms with Gasteiger partial charge in [-0.05, 0) is 47.7 Å². The van der Waals surface area contributed by atoms with Gasteiger partial charge in [0.1, 0.15) is 0 Å². The van der Waals surface area contributed by atoms with E-state index in [1.54, 1.807) is 11.3 Å². The van der Waals surface area contributed by atoms with E-state index in [1.807, 2.05) is 13.2 Å². The Morgan fingerprint density at radius 1 is 1.19 bits per heavy atom. The van der Waals surface area contributed by atoms with E-state index >= 15 is 0 Å². The van der Waals surface area contributed by atoms with E-state index in [0.29, 0.717) is 0 Å². The van der Waals surface area contributed by atoms with Crippen molar-refractivity contribution < 1.29 is 0 Å². The van der Waals surface area contributed by atoms with Crippen molar-refractivity contribution in [3.05, 3.63) is 64.7 Å². The van der Waals surface area contributed by atoms with Gasteiger partial charge >= 0.3 is 0 Å². The molecule has 1 unspecified atom stereocenters. The van der Waals surface area contributed by atoms with Crippen molar-refractivity contribution >= 4 is 21.6 Å². The van der Waals surface area contributed by atoms with Gasteiger partial charge in [-0.2, -0.15) is 0 Å². The Bertz CT molecular complexity index is 733. The molecular weight excluding hydrogens is 276 g/mol. The van der Waals surface area contributed by atoms with E-state index in [-0.39, 0.29) is 6.04 Å². The van der Waals surface area contributed by atoms with Crippen LogP contribution < -0.4 is 5.32 Å². The molecule has 0 spiro atoms. The molecule has 0 radical (unpaired) electrons. The molecule has 2 aromatic heterocycles. The fourth-order valence-corrected chi connectivity index (χ4v) is 3.55. The Hall–Kier alpha value is -1.71. The molecule has 0 aliphatic heterocycles. The Morgan fingerprint density at radius 3 is 2.90 bits per heavy atom. The van der Waals surface area contributed by atoms with Crippen LogP contribution >= 0.6 is 11.3 Å². The molecule has 0 saturated heterocycles. The highest BCUT2D eigenvalue weighted by Gasteiger charge is 2.13. The molecule has 0 fully saturated rings. The zero-order chi connectivity index (χ0) is 14.7. The minimum Gasteiger partial charge on any atom is -0.309 e. The summed E-state index contributed by atoms with van der Waals surface area (Å²) in [6.45, 7) is 2.22. The summed E-state index contributed by atoms with van der Waals surface area (Å²) in [5.74, 6) is 0. The molecule has 108 valence electrons. The van der Waals surface area contributed by atoms with Crippen LogP contribution in [-0.4, -0.2) is 12.0 Å². The van der Waals surface area contributed by atoms with Crippen molar-refractivity contribution in [2.75, 3.05) is 7.05 Å². The molecule has 1 aromatic carbocycles. The number of hydrogen-bond acceptors (Lipinski definition) is 3. The molecule has 1 N–H and O–H groups in total. The minimum atomic E-state index is 0.195. The molecule has 3 aromatic rings. The number of aromatic nitrogens is 1. The second-order valence-corrected chi connectivity index (χ2v) is 6.24. The quantitative estimate of drug-likeness (QED) is 0.746. The number of nitrogens with zero attached hydrogens (tertiary/aromatic N) is 1. The standard InChI is InChI=1S/C18H20N2S/c1-3-5-13-6-4-7-14(10-13)18(19-2)15-11-17-16(20-12-15)8-9-21-17/h4,6-12,18-19H,3,5H2,1-2H3. The molecule has 3 rings (SSSR count). The number of thiophene rings is 1. The molecule has 0 aliphatic rings. The van der Waals surface area contributed by atoms with Gasteiger partial charge in [0.15, 0.2) is 0 Å². The number of pyridine rings is 1. The van der Waals surface area contributed by atoms with Crippen molar-refractivity contribution in [1.29, 1.82) is 0 Å². The molecule has 0 amide bonds. The number of rotatable bonds is 5. The largest absolute Gasteiger partial charge is 0.309 e. The summed E-state index contributed by atoms with van der Waals surface area (Å²) >= 11 is 1.75. The fraction of sp³-hybridized carbons (Fsp3) is 0.278. The third-order valence-electron chi connectivity index (χ3n) is 3.77. The summed E-state index contributed by atoms with van der Waals surface area (Å²) in [6, 6.07) is 13.4. The van der Waals surface area contributed by atoms with Crippen LogP contribution in [0.5, 0.6) is 0 Å². The molecule has 2 heterocycles. The van der Waals surface area contributed by atoms with Gasteiger partial charge in [0.25, 0.3) is 0 Å². The lowest BCUT2D eigenvalue weighted by Crippen LogP contribution is -2.18. The van der Waals surface area contributed by atoms with Gasteiger partial charge in [0.2, 0.25) is 0 Å². The number of benzene rings is 1. The predicted molar refractivity (Wildman–Crippen MR) is 91.0 cm³/mol. The van der Waals surface area contributed by atoms with Crippen molar-refractivity contribution in [2.24, 2.45) is 0 Å². The van der Waals surface area contributed by atoms with Gasteiger partial charge in [-0.25, -0.2) is 0 Å². The first kappa shape index (κ1) is 14.2. The highest BCUT2D eigenvalue weighted by molar-refractivity contribution is 7.17. The summed E-state index contributed by atoms with van der Waals surface area (Å²) in [4.78, 5) is 4.56. The maximum atomic E-state index is 4.56. The van der Waals surface area contributed by atoms with Gasteiger partial charge in [-0.15, -0.1) is 11.3 Å². The molecule has 3 heteroatoms.